The van der Waals surface area contributed by atoms with Gasteiger partial charge in [-0.3, -0.25) is 14.9 Å². The van der Waals surface area contributed by atoms with Gasteiger partial charge in [-0.25, -0.2) is 15.0 Å². The number of carbonyl (C=O) groups is 3. The standard InChI is InChI=1S/C25H24Cl2N6O5/c1-25(2)22(33(37)23(35)29-18-9-5-16(26)6-10-18)32(19-11-7-17(27)8-12-19)24(36)31(25)15-21(34)30-28-14-20-4-3-13-38-20/h3-14,22,37H,15H2,1-2H3,(H,29,35)(H,30,34). The Morgan fingerprint density at radius 2 is 1.74 bits per heavy atom. The van der Waals surface area contributed by atoms with Crippen LogP contribution in [0.2, 0.25) is 10.0 Å². The molecule has 2 aromatic carbocycles. The van der Waals surface area contributed by atoms with E-state index in [4.69, 9.17) is 27.6 Å². The van der Waals surface area contributed by atoms with Crippen LogP contribution in [0.25, 0.3) is 0 Å². The highest BCUT2D eigenvalue weighted by molar-refractivity contribution is 6.31. The smallest absolute Gasteiger partial charge is 0.347 e. The summed E-state index contributed by atoms with van der Waals surface area (Å²) in [5.74, 6) is -0.166. The number of furan rings is 1. The lowest BCUT2D eigenvalue weighted by Gasteiger charge is -2.38. The molecule has 1 aliphatic rings. The molecule has 1 aromatic heterocycles. The quantitative estimate of drug-likeness (QED) is 0.213. The van der Waals surface area contributed by atoms with Crippen LogP contribution in [-0.4, -0.2) is 57.6 Å². The molecule has 38 heavy (non-hydrogen) atoms. The van der Waals surface area contributed by atoms with Gasteiger partial charge in [-0.1, -0.05) is 23.2 Å². The second-order valence-electron chi connectivity index (χ2n) is 8.83. The minimum Gasteiger partial charge on any atom is -0.463 e. The molecule has 0 aliphatic carbocycles. The number of urea groups is 2. The van der Waals surface area contributed by atoms with Crippen LogP contribution in [0.5, 0.6) is 0 Å². The van der Waals surface area contributed by atoms with Crippen molar-refractivity contribution in [1.29, 1.82) is 0 Å². The molecule has 5 amide bonds. The van der Waals surface area contributed by atoms with Gasteiger partial charge in [-0.05, 0) is 74.5 Å². The van der Waals surface area contributed by atoms with Gasteiger partial charge in [-0.2, -0.15) is 10.2 Å². The monoisotopic (exact) mass is 558 g/mol. The van der Waals surface area contributed by atoms with Crippen LogP contribution in [0, 0.1) is 0 Å². The van der Waals surface area contributed by atoms with Gasteiger partial charge in [0.1, 0.15) is 12.3 Å². The van der Waals surface area contributed by atoms with Gasteiger partial charge in [-0.15, -0.1) is 0 Å². The normalized spacial score (nSPS) is 16.7. The third-order valence-electron chi connectivity index (χ3n) is 5.88. The summed E-state index contributed by atoms with van der Waals surface area (Å²) in [6, 6.07) is 14.4. The fourth-order valence-electron chi connectivity index (χ4n) is 4.01. The molecule has 1 unspecified atom stereocenters. The third kappa shape index (κ3) is 5.75. The highest BCUT2D eigenvalue weighted by Crippen LogP contribution is 2.38. The van der Waals surface area contributed by atoms with Gasteiger partial charge in [0.05, 0.1) is 18.0 Å². The van der Waals surface area contributed by atoms with Crippen molar-refractivity contribution in [1.82, 2.24) is 15.4 Å². The van der Waals surface area contributed by atoms with Crippen LogP contribution in [0.3, 0.4) is 0 Å². The maximum absolute atomic E-state index is 13.6. The Morgan fingerprint density at radius 3 is 2.34 bits per heavy atom. The highest BCUT2D eigenvalue weighted by atomic mass is 35.5. The lowest BCUT2D eigenvalue weighted by molar-refractivity contribution is -0.124. The van der Waals surface area contributed by atoms with Crippen molar-refractivity contribution < 1.29 is 24.0 Å². The minimum absolute atomic E-state index is 0.356. The number of nitrogens with zero attached hydrogens (tertiary/aromatic N) is 4. The number of amides is 5. The molecule has 1 atom stereocenters. The number of hydrogen-bond acceptors (Lipinski definition) is 6. The van der Waals surface area contributed by atoms with Crippen LogP contribution in [-0.2, 0) is 4.79 Å². The molecule has 11 nitrogen and oxygen atoms in total. The topological polar surface area (TPSA) is 131 Å². The number of halogens is 2. The summed E-state index contributed by atoms with van der Waals surface area (Å²) in [6.07, 6.45) is 1.54. The van der Waals surface area contributed by atoms with E-state index in [1.165, 1.54) is 22.3 Å². The van der Waals surface area contributed by atoms with E-state index < -0.39 is 36.2 Å². The Hall–Kier alpha value is -4.06. The van der Waals surface area contributed by atoms with Crippen molar-refractivity contribution in [2.24, 2.45) is 5.10 Å². The second kappa shape index (κ2) is 11.1. The molecule has 1 aliphatic heterocycles. The number of anilines is 2. The maximum atomic E-state index is 13.6. The van der Waals surface area contributed by atoms with Crippen LogP contribution in [0.1, 0.15) is 19.6 Å². The van der Waals surface area contributed by atoms with E-state index in [2.05, 4.69) is 15.8 Å². The molecule has 0 bridgehead atoms. The lowest BCUT2D eigenvalue weighted by Crippen LogP contribution is -2.58. The summed E-state index contributed by atoms with van der Waals surface area (Å²) >= 11 is 11.9. The van der Waals surface area contributed by atoms with Crippen molar-refractivity contribution in [3.63, 3.8) is 0 Å². The molecular formula is C25H24Cl2N6O5. The number of benzene rings is 2. The first-order chi connectivity index (χ1) is 18.1. The maximum Gasteiger partial charge on any atom is 0.347 e. The van der Waals surface area contributed by atoms with Crippen molar-refractivity contribution >= 4 is 58.8 Å². The zero-order valence-corrected chi connectivity index (χ0v) is 21.8. The molecule has 198 valence electrons. The fraction of sp³-hybridized carbons (Fsp3) is 0.200. The average molecular weight is 559 g/mol. The Morgan fingerprint density at radius 1 is 1.11 bits per heavy atom. The van der Waals surface area contributed by atoms with E-state index in [1.807, 2.05) is 0 Å². The Bertz CT molecular complexity index is 1330. The molecule has 13 heteroatoms. The minimum atomic E-state index is -1.25. The molecule has 0 saturated carbocycles. The van der Waals surface area contributed by atoms with Crippen molar-refractivity contribution in [2.75, 3.05) is 16.8 Å². The molecule has 0 spiro atoms. The number of hydrogen-bond donors (Lipinski definition) is 3. The van der Waals surface area contributed by atoms with Gasteiger partial charge in [0.2, 0.25) is 0 Å². The average Bonchev–Trinajstić information content (AvgIpc) is 3.46. The van der Waals surface area contributed by atoms with Gasteiger partial charge < -0.3 is 14.6 Å². The van der Waals surface area contributed by atoms with Gasteiger partial charge in [0.25, 0.3) is 5.91 Å². The van der Waals surface area contributed by atoms with Crippen molar-refractivity contribution in [3.05, 3.63) is 82.7 Å². The van der Waals surface area contributed by atoms with E-state index in [1.54, 1.807) is 74.5 Å². The Labute approximate surface area is 228 Å². The molecule has 1 fully saturated rings. The lowest BCUT2D eigenvalue weighted by atomic mass is 9.99. The van der Waals surface area contributed by atoms with Gasteiger partial charge in [0, 0.05) is 21.4 Å². The Balaban J connectivity index is 1.59. The molecule has 4 rings (SSSR count). The fourth-order valence-corrected chi connectivity index (χ4v) is 4.26. The predicted molar refractivity (Wildman–Crippen MR) is 142 cm³/mol. The summed E-state index contributed by atoms with van der Waals surface area (Å²) in [7, 11) is 0. The van der Waals surface area contributed by atoms with E-state index >= 15 is 0 Å². The molecule has 3 aromatic rings. The van der Waals surface area contributed by atoms with E-state index in [9.17, 15) is 19.6 Å². The van der Waals surface area contributed by atoms with Crippen LogP contribution in [0.4, 0.5) is 21.0 Å². The summed E-state index contributed by atoms with van der Waals surface area (Å²) in [6.45, 7) is 2.85. The number of hydroxylamine groups is 2. The summed E-state index contributed by atoms with van der Waals surface area (Å²) in [4.78, 5) is 41.8. The summed E-state index contributed by atoms with van der Waals surface area (Å²) in [5.41, 5.74) is 1.84. The summed E-state index contributed by atoms with van der Waals surface area (Å²) in [5, 5.41) is 18.8. The zero-order valence-electron chi connectivity index (χ0n) is 20.3. The first kappa shape index (κ1) is 27.0. The van der Waals surface area contributed by atoms with Gasteiger partial charge >= 0.3 is 12.1 Å². The predicted octanol–water partition coefficient (Wildman–Crippen LogP) is 5.01. The van der Waals surface area contributed by atoms with Crippen molar-refractivity contribution in [2.45, 2.75) is 25.6 Å². The molecular weight excluding hydrogens is 535 g/mol. The van der Waals surface area contributed by atoms with E-state index in [0.29, 0.717) is 32.2 Å². The molecule has 3 N–H and O–H groups in total. The first-order valence-corrected chi connectivity index (χ1v) is 12.1. The summed E-state index contributed by atoms with van der Waals surface area (Å²) < 4.78 is 5.12. The van der Waals surface area contributed by atoms with Crippen LogP contribution < -0.4 is 15.6 Å². The molecule has 0 radical (unpaired) electrons. The number of hydrazone groups is 1. The number of rotatable bonds is 7. The van der Waals surface area contributed by atoms with E-state index in [0.717, 1.165) is 0 Å². The van der Waals surface area contributed by atoms with Crippen LogP contribution in [0.15, 0.2) is 76.4 Å². The van der Waals surface area contributed by atoms with Crippen LogP contribution >= 0.6 is 23.2 Å². The third-order valence-corrected chi connectivity index (χ3v) is 6.38. The zero-order chi connectivity index (χ0) is 27.4. The number of carbonyl (C=O) groups excluding carboxylic acids is 3. The SMILES string of the molecule is CC1(C)C(N(O)C(=O)Nc2ccc(Cl)cc2)N(c2ccc(Cl)cc2)C(=O)N1CC(=O)NN=Cc1ccco1. The molecule has 1 saturated heterocycles. The second-order valence-corrected chi connectivity index (χ2v) is 9.71. The van der Waals surface area contributed by atoms with E-state index in [-0.39, 0.29) is 0 Å². The molecule has 2 heterocycles. The largest absolute Gasteiger partial charge is 0.463 e. The Kier molecular flexibility index (Phi) is 7.91. The van der Waals surface area contributed by atoms with Gasteiger partial charge in [0.15, 0.2) is 6.17 Å². The van der Waals surface area contributed by atoms with Crippen molar-refractivity contribution in [3.8, 4) is 0 Å². The number of nitrogens with one attached hydrogen (secondary N) is 2. The highest BCUT2D eigenvalue weighted by Gasteiger charge is 2.56. The first-order valence-electron chi connectivity index (χ1n) is 11.3.